The molecule has 116 valence electrons. The van der Waals surface area contributed by atoms with E-state index in [1.807, 2.05) is 13.0 Å². The Hall–Kier alpha value is -1.62. The molecule has 0 radical (unpaired) electrons. The third-order valence-electron chi connectivity index (χ3n) is 4.47. The van der Waals surface area contributed by atoms with Gasteiger partial charge in [0, 0.05) is 23.9 Å². The van der Waals surface area contributed by atoms with Gasteiger partial charge in [0.2, 0.25) is 0 Å². The molecule has 1 aliphatic rings. The smallest absolute Gasteiger partial charge is 0.311 e. The lowest BCUT2D eigenvalue weighted by Gasteiger charge is -2.51. The van der Waals surface area contributed by atoms with Crippen molar-refractivity contribution in [2.24, 2.45) is 5.41 Å². The van der Waals surface area contributed by atoms with Crippen LogP contribution in [0.25, 0.3) is 0 Å². The van der Waals surface area contributed by atoms with Gasteiger partial charge in [-0.1, -0.05) is 32.9 Å². The Kier molecular flexibility index (Phi) is 4.52. The second kappa shape index (κ2) is 6.02. The summed E-state index contributed by atoms with van der Waals surface area (Å²) in [5.41, 5.74) is 0.839. The van der Waals surface area contributed by atoms with Gasteiger partial charge in [-0.05, 0) is 25.5 Å². The highest BCUT2D eigenvalue weighted by atomic mass is 16.6. The number of nitro groups is 1. The summed E-state index contributed by atoms with van der Waals surface area (Å²) in [5.74, 6) is 0.412. The minimum atomic E-state index is -0.374. The molecular formula is C16H24N2O3. The van der Waals surface area contributed by atoms with Gasteiger partial charge in [0.1, 0.15) is 6.10 Å². The van der Waals surface area contributed by atoms with Crippen LogP contribution in [0.4, 0.5) is 5.69 Å². The molecule has 1 aromatic carbocycles. The quantitative estimate of drug-likeness (QED) is 0.644. The predicted octanol–water partition coefficient (Wildman–Crippen LogP) is 3.45. The van der Waals surface area contributed by atoms with E-state index in [1.54, 1.807) is 6.07 Å². The van der Waals surface area contributed by atoms with Gasteiger partial charge in [0.25, 0.3) is 0 Å². The van der Waals surface area contributed by atoms with Crippen molar-refractivity contribution in [1.29, 1.82) is 0 Å². The Labute approximate surface area is 125 Å². The van der Waals surface area contributed by atoms with Crippen molar-refractivity contribution < 1.29 is 9.66 Å². The zero-order valence-electron chi connectivity index (χ0n) is 13.2. The summed E-state index contributed by atoms with van der Waals surface area (Å²) in [7, 11) is 0. The number of nitro benzene ring substituents is 1. The van der Waals surface area contributed by atoms with Crippen molar-refractivity contribution in [1.82, 2.24) is 5.32 Å². The highest BCUT2D eigenvalue weighted by Crippen LogP contribution is 2.45. The molecule has 1 aromatic rings. The first-order valence-electron chi connectivity index (χ1n) is 7.52. The molecule has 2 rings (SSSR count). The molecule has 0 heterocycles. The molecule has 0 spiro atoms. The standard InChI is InChI=1S/C16H24N2O3/c1-5-9-17-13-10-14(16(13,3)4)21-15-11(2)7-6-8-12(15)18(19)20/h6-8,13-14,17H,5,9-10H2,1-4H3. The minimum Gasteiger partial charge on any atom is -0.483 e. The van der Waals surface area contributed by atoms with Gasteiger partial charge >= 0.3 is 5.69 Å². The van der Waals surface area contributed by atoms with Crippen LogP contribution in [0.2, 0.25) is 0 Å². The van der Waals surface area contributed by atoms with Crippen molar-refractivity contribution in [3.8, 4) is 5.75 Å². The van der Waals surface area contributed by atoms with Gasteiger partial charge in [-0.2, -0.15) is 0 Å². The highest BCUT2D eigenvalue weighted by molar-refractivity contribution is 5.51. The van der Waals surface area contributed by atoms with E-state index in [2.05, 4.69) is 26.1 Å². The molecule has 0 bridgehead atoms. The summed E-state index contributed by atoms with van der Waals surface area (Å²) < 4.78 is 6.02. The fourth-order valence-corrected chi connectivity index (χ4v) is 2.83. The largest absolute Gasteiger partial charge is 0.483 e. The molecule has 1 N–H and O–H groups in total. The highest BCUT2D eigenvalue weighted by Gasteiger charge is 2.50. The summed E-state index contributed by atoms with van der Waals surface area (Å²) in [5, 5.41) is 14.7. The van der Waals surface area contributed by atoms with Crippen LogP contribution in [0.1, 0.15) is 39.2 Å². The van der Waals surface area contributed by atoms with Crippen molar-refractivity contribution in [2.45, 2.75) is 52.7 Å². The summed E-state index contributed by atoms with van der Waals surface area (Å²) in [6, 6.07) is 5.45. The Balaban J connectivity index is 2.12. The molecular weight excluding hydrogens is 268 g/mol. The number of ether oxygens (including phenoxy) is 1. The monoisotopic (exact) mass is 292 g/mol. The van der Waals surface area contributed by atoms with E-state index in [-0.39, 0.29) is 22.1 Å². The van der Waals surface area contributed by atoms with Crippen LogP contribution in [-0.2, 0) is 0 Å². The van der Waals surface area contributed by atoms with Gasteiger partial charge in [-0.25, -0.2) is 0 Å². The maximum atomic E-state index is 11.1. The number of hydrogen-bond acceptors (Lipinski definition) is 4. The van der Waals surface area contributed by atoms with E-state index in [9.17, 15) is 10.1 Å². The minimum absolute atomic E-state index is 0.00616. The molecule has 0 amide bonds. The lowest BCUT2D eigenvalue weighted by atomic mass is 9.64. The first-order valence-corrected chi connectivity index (χ1v) is 7.52. The molecule has 2 atom stereocenters. The number of aryl methyl sites for hydroxylation is 1. The average molecular weight is 292 g/mol. The summed E-state index contributed by atoms with van der Waals surface area (Å²) in [6.07, 6.45) is 1.99. The maximum Gasteiger partial charge on any atom is 0.311 e. The van der Waals surface area contributed by atoms with Crippen LogP contribution in [0, 0.1) is 22.5 Å². The summed E-state index contributed by atoms with van der Waals surface area (Å²) in [4.78, 5) is 10.8. The average Bonchev–Trinajstić information content (AvgIpc) is 2.43. The lowest BCUT2D eigenvalue weighted by Crippen LogP contribution is -2.62. The number of para-hydroxylation sites is 1. The van der Waals surface area contributed by atoms with Crippen LogP contribution in [0.5, 0.6) is 5.75 Å². The normalized spacial score (nSPS) is 23.4. The number of rotatable bonds is 6. The Morgan fingerprint density at radius 2 is 2.19 bits per heavy atom. The third-order valence-corrected chi connectivity index (χ3v) is 4.47. The van der Waals surface area contributed by atoms with Crippen molar-refractivity contribution in [2.75, 3.05) is 6.54 Å². The summed E-state index contributed by atoms with van der Waals surface area (Å²) in [6.45, 7) is 9.28. The van der Waals surface area contributed by atoms with E-state index in [4.69, 9.17) is 4.74 Å². The van der Waals surface area contributed by atoms with Crippen LogP contribution in [-0.4, -0.2) is 23.6 Å². The van der Waals surface area contributed by atoms with Crippen molar-refractivity contribution >= 4 is 5.69 Å². The second-order valence-electron chi connectivity index (χ2n) is 6.35. The maximum absolute atomic E-state index is 11.1. The molecule has 1 aliphatic carbocycles. The van der Waals surface area contributed by atoms with Crippen LogP contribution < -0.4 is 10.1 Å². The SMILES string of the molecule is CCCNC1CC(Oc2c(C)cccc2[N+](=O)[O-])C1(C)C. The number of benzene rings is 1. The molecule has 1 saturated carbocycles. The van der Waals surface area contributed by atoms with E-state index < -0.39 is 0 Å². The molecule has 0 aromatic heterocycles. The van der Waals surface area contributed by atoms with E-state index in [0.29, 0.717) is 11.8 Å². The molecule has 0 aliphatic heterocycles. The number of nitrogens with one attached hydrogen (secondary N) is 1. The predicted molar refractivity (Wildman–Crippen MR) is 82.7 cm³/mol. The van der Waals surface area contributed by atoms with Crippen LogP contribution >= 0.6 is 0 Å². The van der Waals surface area contributed by atoms with Gasteiger partial charge in [-0.15, -0.1) is 0 Å². The molecule has 1 fully saturated rings. The second-order valence-corrected chi connectivity index (χ2v) is 6.35. The van der Waals surface area contributed by atoms with Crippen molar-refractivity contribution in [3.63, 3.8) is 0 Å². The van der Waals surface area contributed by atoms with Crippen LogP contribution in [0.15, 0.2) is 18.2 Å². The molecule has 2 unspecified atom stereocenters. The first kappa shape index (κ1) is 15.8. The topological polar surface area (TPSA) is 64.4 Å². The zero-order valence-corrected chi connectivity index (χ0v) is 13.2. The Bertz CT molecular complexity index is 528. The first-order chi connectivity index (χ1) is 9.87. The van der Waals surface area contributed by atoms with Crippen LogP contribution in [0.3, 0.4) is 0 Å². The molecule has 0 saturated heterocycles. The third kappa shape index (κ3) is 3.02. The summed E-state index contributed by atoms with van der Waals surface area (Å²) >= 11 is 0. The Morgan fingerprint density at radius 3 is 2.76 bits per heavy atom. The molecule has 21 heavy (non-hydrogen) atoms. The number of hydrogen-bond donors (Lipinski definition) is 1. The fraction of sp³-hybridized carbons (Fsp3) is 0.625. The molecule has 5 nitrogen and oxygen atoms in total. The van der Waals surface area contributed by atoms with E-state index in [1.165, 1.54) is 6.07 Å². The Morgan fingerprint density at radius 1 is 1.48 bits per heavy atom. The van der Waals surface area contributed by atoms with Gasteiger partial charge in [-0.3, -0.25) is 10.1 Å². The van der Waals surface area contributed by atoms with Gasteiger partial charge in [0.05, 0.1) is 4.92 Å². The fourth-order valence-electron chi connectivity index (χ4n) is 2.83. The van der Waals surface area contributed by atoms with Gasteiger partial charge < -0.3 is 10.1 Å². The zero-order chi connectivity index (χ0) is 15.6. The van der Waals surface area contributed by atoms with E-state index in [0.717, 1.165) is 24.9 Å². The molecule has 5 heteroatoms. The van der Waals surface area contributed by atoms with E-state index >= 15 is 0 Å². The number of nitrogens with zero attached hydrogens (tertiary/aromatic N) is 1. The van der Waals surface area contributed by atoms with Gasteiger partial charge in [0.15, 0.2) is 5.75 Å². The van der Waals surface area contributed by atoms with Crippen molar-refractivity contribution in [3.05, 3.63) is 33.9 Å². The lowest BCUT2D eigenvalue weighted by molar-refractivity contribution is -0.386.